The molecule has 0 aromatic carbocycles. The predicted octanol–water partition coefficient (Wildman–Crippen LogP) is 1.80. The minimum atomic E-state index is -4.60. The van der Waals surface area contributed by atoms with Crippen LogP contribution in [-0.4, -0.2) is 15.2 Å². The number of nitrogens with one attached hydrogen (secondary N) is 1. The third-order valence-electron chi connectivity index (χ3n) is 0.802. The molecule has 0 aliphatic heterocycles. The number of aromatic nitrogens is 3. The van der Waals surface area contributed by atoms with Gasteiger partial charge in [-0.3, -0.25) is 5.10 Å². The zero-order valence-corrected chi connectivity index (χ0v) is 5.63. The van der Waals surface area contributed by atoms with Gasteiger partial charge in [0, 0.05) is 0 Å². The van der Waals surface area contributed by atoms with Gasteiger partial charge in [0.15, 0.2) is 0 Å². The lowest BCUT2D eigenvalue weighted by Gasteiger charge is -1.97. The smallest absolute Gasteiger partial charge is 0.254 e. The number of rotatable bonds is 1. The van der Waals surface area contributed by atoms with E-state index >= 15 is 0 Å². The molecule has 0 amide bonds. The molecule has 1 heterocycles. The van der Waals surface area contributed by atoms with Gasteiger partial charge >= 0.3 is 6.18 Å². The maximum atomic E-state index is 11.7. The summed E-state index contributed by atoms with van der Waals surface area (Å²) in [6.07, 6.45) is -4.60. The molecule has 1 N–H and O–H groups in total. The lowest BCUT2D eigenvalue weighted by Crippen LogP contribution is -2.07. The van der Waals surface area contributed by atoms with Gasteiger partial charge in [0.2, 0.25) is 11.0 Å². The van der Waals surface area contributed by atoms with Gasteiger partial charge in [-0.1, -0.05) is 0 Å². The van der Waals surface area contributed by atoms with Crippen LogP contribution in [0.1, 0.15) is 5.82 Å². The minimum absolute atomic E-state index is 0.448. The molecule has 0 aliphatic carbocycles. The molecule has 1 aromatic rings. The molecule has 0 saturated carbocycles. The summed E-state index contributed by atoms with van der Waals surface area (Å²) < 4.78 is 46.5. The lowest BCUT2D eigenvalue weighted by molar-refractivity contribution is -0.144. The first-order valence-corrected chi connectivity index (χ1v) is 3.04. The van der Waals surface area contributed by atoms with E-state index in [-0.39, 0.29) is 0 Å². The van der Waals surface area contributed by atoms with Crippen molar-refractivity contribution >= 4 is 12.1 Å². The maximum absolute atomic E-state index is 11.7. The number of hydrogen-bond donors (Lipinski definition) is 1. The van der Waals surface area contributed by atoms with E-state index in [1.807, 2.05) is 0 Å². The first kappa shape index (κ1) is 8.31. The van der Waals surface area contributed by atoms with Crippen molar-refractivity contribution < 1.29 is 17.1 Å². The van der Waals surface area contributed by atoms with Crippen LogP contribution in [0.4, 0.5) is 17.1 Å². The van der Waals surface area contributed by atoms with Crippen molar-refractivity contribution in [3.63, 3.8) is 0 Å². The zero-order valence-electron chi connectivity index (χ0n) is 4.81. The van der Waals surface area contributed by atoms with E-state index in [1.54, 1.807) is 5.10 Å². The Bertz CT molecular complexity index is 243. The Hall–Kier alpha value is -0.790. The average molecular weight is 187 g/mol. The first-order valence-electron chi connectivity index (χ1n) is 2.32. The summed E-state index contributed by atoms with van der Waals surface area (Å²) in [6.45, 7) is 0. The number of alkyl halides is 3. The molecule has 0 fully saturated rings. The Labute approximate surface area is 62.5 Å². The molecule has 62 valence electrons. The molecule has 0 spiro atoms. The summed E-state index contributed by atoms with van der Waals surface area (Å²) in [7, 11) is 0. The fourth-order valence-electron chi connectivity index (χ4n) is 0.408. The second-order valence-corrected chi connectivity index (χ2v) is 2.06. The predicted molar refractivity (Wildman–Crippen MR) is 28.3 cm³/mol. The van der Waals surface area contributed by atoms with Crippen LogP contribution in [-0.2, 0) is 6.18 Å². The fourth-order valence-corrected chi connectivity index (χ4v) is 0.614. The number of aromatic amines is 1. The second kappa shape index (κ2) is 2.68. The largest absolute Gasteiger partial charge is 0.451 e. The van der Waals surface area contributed by atoms with Gasteiger partial charge in [-0.2, -0.15) is 22.0 Å². The van der Waals surface area contributed by atoms with Gasteiger partial charge in [-0.05, 0) is 0 Å². The minimum Gasteiger partial charge on any atom is -0.254 e. The normalized spacial score (nSPS) is 12.0. The second-order valence-electron chi connectivity index (χ2n) is 1.54. The zero-order chi connectivity index (χ0) is 8.48. The third-order valence-corrected chi connectivity index (χ3v) is 1.12. The SMILES string of the molecule is FSc1n[nH]c(C(F)(F)F)n1. The number of H-pyrrole nitrogens is 1. The lowest BCUT2D eigenvalue weighted by atomic mass is 10.6. The van der Waals surface area contributed by atoms with Crippen LogP contribution < -0.4 is 0 Å². The molecule has 3 nitrogen and oxygen atoms in total. The van der Waals surface area contributed by atoms with Crippen molar-refractivity contribution in [3.05, 3.63) is 5.82 Å². The Morgan fingerprint density at radius 3 is 2.27 bits per heavy atom. The molecule has 0 radical (unpaired) electrons. The van der Waals surface area contributed by atoms with Crippen molar-refractivity contribution in [2.24, 2.45) is 0 Å². The summed E-state index contributed by atoms with van der Waals surface area (Å²) in [5.41, 5.74) is 0. The van der Waals surface area contributed by atoms with Gasteiger partial charge in [-0.25, -0.2) is 0 Å². The molecule has 1 aromatic heterocycles. The van der Waals surface area contributed by atoms with Crippen molar-refractivity contribution in [2.45, 2.75) is 11.3 Å². The molecule has 0 bridgehead atoms. The summed E-state index contributed by atoms with van der Waals surface area (Å²) in [5.74, 6) is -1.29. The van der Waals surface area contributed by atoms with E-state index in [0.29, 0.717) is 0 Å². The highest BCUT2D eigenvalue weighted by Crippen LogP contribution is 2.27. The Morgan fingerprint density at radius 2 is 2.00 bits per heavy atom. The van der Waals surface area contributed by atoms with Crippen molar-refractivity contribution in [2.75, 3.05) is 0 Å². The number of nitrogens with zero attached hydrogens (tertiary/aromatic N) is 2. The standard InChI is InChI=1S/C3HF4N3S/c4-3(5,6)1-8-2(11-7)10-9-1/h(H,8,9,10). The monoisotopic (exact) mass is 187 g/mol. The summed E-state index contributed by atoms with van der Waals surface area (Å²) in [5, 5.41) is 3.91. The molecule has 0 aliphatic rings. The van der Waals surface area contributed by atoms with Gasteiger partial charge in [0.25, 0.3) is 0 Å². The third kappa shape index (κ3) is 1.82. The van der Waals surface area contributed by atoms with E-state index < -0.39 is 29.3 Å². The van der Waals surface area contributed by atoms with Crippen LogP contribution in [0.5, 0.6) is 0 Å². The molecule has 11 heavy (non-hydrogen) atoms. The van der Waals surface area contributed by atoms with E-state index in [4.69, 9.17) is 0 Å². The highest BCUT2D eigenvalue weighted by atomic mass is 32.2. The molecule has 1 rings (SSSR count). The van der Waals surface area contributed by atoms with E-state index in [1.165, 1.54) is 0 Å². The molecular formula is C3HF4N3S. The van der Waals surface area contributed by atoms with Crippen molar-refractivity contribution in [1.29, 1.82) is 0 Å². The highest BCUT2D eigenvalue weighted by molar-refractivity contribution is 7.94. The molecule has 0 saturated heterocycles. The van der Waals surface area contributed by atoms with Crippen molar-refractivity contribution in [3.8, 4) is 0 Å². The topological polar surface area (TPSA) is 41.6 Å². The molecule has 0 unspecified atom stereocenters. The van der Waals surface area contributed by atoms with E-state index in [2.05, 4.69) is 10.1 Å². The number of hydrogen-bond acceptors (Lipinski definition) is 3. The number of halogens is 4. The first-order chi connectivity index (χ1) is 5.04. The Kier molecular flexibility index (Phi) is 2.03. The van der Waals surface area contributed by atoms with Crippen LogP contribution in [0.3, 0.4) is 0 Å². The van der Waals surface area contributed by atoms with Crippen LogP contribution >= 0.6 is 12.1 Å². The van der Waals surface area contributed by atoms with Gasteiger partial charge in [-0.15, -0.1) is 5.10 Å². The summed E-state index contributed by atoms with van der Waals surface area (Å²) >= 11 is -0.448. The summed E-state index contributed by atoms with van der Waals surface area (Å²) in [6, 6.07) is 0. The van der Waals surface area contributed by atoms with Crippen LogP contribution in [0.2, 0.25) is 0 Å². The van der Waals surface area contributed by atoms with Gasteiger partial charge in [0.1, 0.15) is 12.1 Å². The fraction of sp³-hybridized carbons (Fsp3) is 0.333. The van der Waals surface area contributed by atoms with E-state index in [0.717, 1.165) is 0 Å². The Balaban J connectivity index is 2.89. The Morgan fingerprint density at radius 1 is 1.36 bits per heavy atom. The molecule has 0 atom stereocenters. The van der Waals surface area contributed by atoms with Crippen molar-refractivity contribution in [1.82, 2.24) is 15.2 Å². The maximum Gasteiger partial charge on any atom is 0.451 e. The summed E-state index contributed by atoms with van der Waals surface area (Å²) in [4.78, 5) is 2.80. The quantitative estimate of drug-likeness (QED) is 0.681. The van der Waals surface area contributed by atoms with Crippen LogP contribution in [0.15, 0.2) is 5.16 Å². The van der Waals surface area contributed by atoms with Gasteiger partial charge in [0.05, 0.1) is 0 Å². The van der Waals surface area contributed by atoms with Crippen LogP contribution in [0, 0.1) is 0 Å². The van der Waals surface area contributed by atoms with Gasteiger partial charge < -0.3 is 0 Å². The average Bonchev–Trinajstić information content (AvgIpc) is 2.32. The molecule has 8 heteroatoms. The molecular weight excluding hydrogens is 186 g/mol. The highest BCUT2D eigenvalue weighted by Gasteiger charge is 2.35. The van der Waals surface area contributed by atoms with E-state index in [9.17, 15) is 17.1 Å². The van der Waals surface area contributed by atoms with Crippen LogP contribution in [0.25, 0.3) is 0 Å².